The molecule has 7 rings (SSSR count). The van der Waals surface area contributed by atoms with Crippen LogP contribution in [0.4, 0.5) is 4.79 Å². The Morgan fingerprint density at radius 1 is 0.862 bits per heavy atom. The van der Waals surface area contributed by atoms with Gasteiger partial charge in [-0.05, 0) is 73.8 Å². The molecule has 0 spiro atoms. The summed E-state index contributed by atoms with van der Waals surface area (Å²) in [4.78, 5) is 43.9. The maximum atomic E-state index is 13.3. The Kier molecular flexibility index (Phi) is 3.74. The summed E-state index contributed by atoms with van der Waals surface area (Å²) in [6.45, 7) is 1.71. The van der Waals surface area contributed by atoms with Gasteiger partial charge >= 0.3 is 17.8 Å². The second-order valence-corrected chi connectivity index (χ2v) is 10.0. The molecule has 1 aromatic carbocycles. The van der Waals surface area contributed by atoms with Crippen molar-refractivity contribution in [1.82, 2.24) is 14.7 Å². The summed E-state index contributed by atoms with van der Waals surface area (Å²) in [5.41, 5.74) is 2.16. The van der Waals surface area contributed by atoms with Crippen LogP contribution >= 0.6 is 0 Å². The predicted molar refractivity (Wildman–Crippen MR) is 105 cm³/mol. The van der Waals surface area contributed by atoms with Crippen LogP contribution in [0.3, 0.4) is 0 Å². The van der Waals surface area contributed by atoms with Crippen molar-refractivity contribution in [1.29, 1.82) is 0 Å². The zero-order valence-corrected chi connectivity index (χ0v) is 16.7. The third kappa shape index (κ3) is 2.61. The van der Waals surface area contributed by atoms with Crippen molar-refractivity contribution < 1.29 is 14.4 Å². The van der Waals surface area contributed by atoms with Gasteiger partial charge in [-0.2, -0.15) is 0 Å². The molecule has 6 aliphatic rings. The van der Waals surface area contributed by atoms with E-state index in [0.717, 1.165) is 32.2 Å². The van der Waals surface area contributed by atoms with Gasteiger partial charge in [0.15, 0.2) is 0 Å². The first-order chi connectivity index (χ1) is 14.0. The maximum absolute atomic E-state index is 13.3. The van der Waals surface area contributed by atoms with Gasteiger partial charge < -0.3 is 0 Å². The van der Waals surface area contributed by atoms with E-state index in [1.165, 1.54) is 40.2 Å². The lowest BCUT2D eigenvalue weighted by Gasteiger charge is -2.58. The average molecular weight is 393 g/mol. The van der Waals surface area contributed by atoms with Crippen LogP contribution in [-0.4, -0.2) is 51.3 Å². The number of nitrogens with zero attached hydrogens (tertiary/aromatic N) is 3. The molecule has 1 aromatic rings. The highest BCUT2D eigenvalue weighted by Gasteiger charge is 2.61. The summed E-state index contributed by atoms with van der Waals surface area (Å²) in [6.07, 6.45) is 7.30. The largest absolute Gasteiger partial charge is 0.335 e. The molecule has 0 atom stereocenters. The molecule has 1 saturated heterocycles. The van der Waals surface area contributed by atoms with Gasteiger partial charge in [-0.25, -0.2) is 14.6 Å². The van der Waals surface area contributed by atoms with Gasteiger partial charge in [0.25, 0.3) is 0 Å². The Balaban J connectivity index is 1.23. The lowest BCUT2D eigenvalue weighted by molar-refractivity contribution is -0.150. The Labute approximate surface area is 170 Å². The van der Waals surface area contributed by atoms with E-state index in [2.05, 4.69) is 17.0 Å². The quantitative estimate of drug-likeness (QED) is 0.585. The first-order valence-electron chi connectivity index (χ1n) is 11.0. The standard InChI is InChI=1S/C23H27N3O3/c27-20-21(28)26(23-10-15-7-16(11-23)9-17(8-15)12-23)22(29)25(20)14-24-6-5-18-3-1-2-4-19(18)13-24/h1-4,15-17H,5-14H2. The van der Waals surface area contributed by atoms with Crippen molar-refractivity contribution in [2.75, 3.05) is 13.2 Å². The molecule has 4 bridgehead atoms. The molecule has 6 heteroatoms. The molecule has 6 nitrogen and oxygen atoms in total. The number of imide groups is 2. The third-order valence-electron chi connectivity index (χ3n) is 8.08. The number of hydrogen-bond acceptors (Lipinski definition) is 4. The summed E-state index contributed by atoms with van der Waals surface area (Å²) >= 11 is 0. The number of rotatable bonds is 3. The normalized spacial score (nSPS) is 36.3. The zero-order valence-electron chi connectivity index (χ0n) is 16.7. The number of amides is 4. The molecular weight excluding hydrogens is 366 g/mol. The zero-order chi connectivity index (χ0) is 19.8. The number of carbonyl (C=O) groups excluding carboxylic acids is 3. The average Bonchev–Trinajstić information content (AvgIpc) is 2.90. The number of carbonyl (C=O) groups is 3. The smallest absolute Gasteiger partial charge is 0.281 e. The van der Waals surface area contributed by atoms with E-state index in [-0.39, 0.29) is 12.7 Å². The van der Waals surface area contributed by atoms with Crippen molar-refractivity contribution in [3.63, 3.8) is 0 Å². The molecular formula is C23H27N3O3. The van der Waals surface area contributed by atoms with Crippen LogP contribution in [0, 0.1) is 17.8 Å². The Hall–Kier alpha value is -2.21. The van der Waals surface area contributed by atoms with Crippen molar-refractivity contribution in [3.8, 4) is 0 Å². The van der Waals surface area contributed by atoms with Gasteiger partial charge in [0, 0.05) is 13.1 Å². The first-order valence-corrected chi connectivity index (χ1v) is 11.0. The highest BCUT2D eigenvalue weighted by Crippen LogP contribution is 2.58. The Morgan fingerprint density at radius 2 is 1.48 bits per heavy atom. The molecule has 0 unspecified atom stereocenters. The summed E-state index contributed by atoms with van der Waals surface area (Å²) < 4.78 is 0. The lowest BCUT2D eigenvalue weighted by atomic mass is 9.52. The number of urea groups is 1. The minimum absolute atomic E-state index is 0.209. The molecule has 0 N–H and O–H groups in total. The van der Waals surface area contributed by atoms with Crippen molar-refractivity contribution in [2.24, 2.45) is 17.8 Å². The molecule has 0 aromatic heterocycles. The van der Waals surface area contributed by atoms with E-state index >= 15 is 0 Å². The number of hydrogen-bond donors (Lipinski definition) is 0. The van der Waals surface area contributed by atoms with E-state index in [1.54, 1.807) is 0 Å². The van der Waals surface area contributed by atoms with Gasteiger partial charge in [0.1, 0.15) is 0 Å². The van der Waals surface area contributed by atoms with E-state index in [4.69, 9.17) is 0 Å². The molecule has 2 heterocycles. The number of benzene rings is 1. The predicted octanol–water partition coefficient (Wildman–Crippen LogP) is 2.76. The number of fused-ring (bicyclic) bond motifs is 1. The van der Waals surface area contributed by atoms with Crippen molar-refractivity contribution in [3.05, 3.63) is 35.4 Å². The second kappa shape index (κ2) is 6.14. The van der Waals surface area contributed by atoms with E-state index in [9.17, 15) is 14.4 Å². The fraction of sp³-hybridized carbons (Fsp3) is 0.609. The van der Waals surface area contributed by atoms with E-state index in [0.29, 0.717) is 24.3 Å². The van der Waals surface area contributed by atoms with Gasteiger partial charge in [0.05, 0.1) is 12.2 Å². The molecule has 5 fully saturated rings. The summed E-state index contributed by atoms with van der Waals surface area (Å²) in [7, 11) is 0. The SMILES string of the molecule is O=C1C(=O)N(C23CC4CC(CC(C4)C2)C3)C(=O)N1CN1CCc2ccccc2C1. The fourth-order valence-electron chi connectivity index (χ4n) is 7.26. The van der Waals surface area contributed by atoms with E-state index < -0.39 is 17.4 Å². The van der Waals surface area contributed by atoms with Crippen LogP contribution in [-0.2, 0) is 22.6 Å². The molecule has 4 aliphatic carbocycles. The lowest BCUT2D eigenvalue weighted by Crippen LogP contribution is -2.62. The van der Waals surface area contributed by atoms with Crippen LogP contribution in [0.2, 0.25) is 0 Å². The van der Waals surface area contributed by atoms with Crippen molar-refractivity contribution >= 4 is 17.8 Å². The first kappa shape index (κ1) is 17.6. The van der Waals surface area contributed by atoms with Crippen LogP contribution in [0.15, 0.2) is 24.3 Å². The van der Waals surface area contributed by atoms with Crippen LogP contribution in [0.1, 0.15) is 49.7 Å². The minimum Gasteiger partial charge on any atom is -0.281 e. The molecule has 29 heavy (non-hydrogen) atoms. The third-order valence-corrected chi connectivity index (χ3v) is 8.08. The highest BCUT2D eigenvalue weighted by atomic mass is 16.2. The molecule has 152 valence electrons. The van der Waals surface area contributed by atoms with Crippen LogP contribution < -0.4 is 0 Å². The summed E-state index contributed by atoms with van der Waals surface area (Å²) in [5, 5.41) is 0. The molecule has 4 saturated carbocycles. The Bertz CT molecular complexity index is 875. The van der Waals surface area contributed by atoms with Gasteiger partial charge in [-0.1, -0.05) is 24.3 Å². The molecule has 4 amide bonds. The molecule has 2 aliphatic heterocycles. The van der Waals surface area contributed by atoms with Crippen LogP contribution in [0.5, 0.6) is 0 Å². The summed E-state index contributed by atoms with van der Waals surface area (Å²) in [6, 6.07) is 7.93. The fourth-order valence-corrected chi connectivity index (χ4v) is 7.26. The van der Waals surface area contributed by atoms with Crippen LogP contribution in [0.25, 0.3) is 0 Å². The monoisotopic (exact) mass is 393 g/mol. The second-order valence-electron chi connectivity index (χ2n) is 10.0. The maximum Gasteiger partial charge on any atom is 0.335 e. The van der Waals surface area contributed by atoms with Gasteiger partial charge in [-0.3, -0.25) is 14.5 Å². The van der Waals surface area contributed by atoms with Crippen molar-refractivity contribution in [2.45, 2.75) is 57.0 Å². The van der Waals surface area contributed by atoms with Gasteiger partial charge in [-0.15, -0.1) is 0 Å². The highest BCUT2D eigenvalue weighted by molar-refractivity contribution is 6.44. The minimum atomic E-state index is -0.635. The topological polar surface area (TPSA) is 60.9 Å². The Morgan fingerprint density at radius 3 is 2.14 bits per heavy atom. The molecule has 0 radical (unpaired) electrons. The van der Waals surface area contributed by atoms with E-state index in [1.807, 2.05) is 12.1 Å². The summed E-state index contributed by atoms with van der Waals surface area (Å²) in [5.74, 6) is 0.623. The van der Waals surface area contributed by atoms with Gasteiger partial charge in [0.2, 0.25) is 0 Å².